The summed E-state index contributed by atoms with van der Waals surface area (Å²) in [5.74, 6) is 0. The lowest BCUT2D eigenvalue weighted by molar-refractivity contribution is 0.658. The van der Waals surface area contributed by atoms with Crippen LogP contribution in [0.15, 0.2) is 33.9 Å². The summed E-state index contributed by atoms with van der Waals surface area (Å²) < 4.78 is 3.60. The molecule has 0 saturated heterocycles. The van der Waals surface area contributed by atoms with Crippen molar-refractivity contribution < 1.29 is 0 Å². The first-order chi connectivity index (χ1) is 8.90. The average Bonchev–Trinajstić information content (AvgIpc) is 2.36. The van der Waals surface area contributed by atoms with E-state index in [0.717, 1.165) is 13.7 Å². The van der Waals surface area contributed by atoms with Crippen LogP contribution < -0.4 is 11.2 Å². The van der Waals surface area contributed by atoms with Gasteiger partial charge in [0.05, 0.1) is 0 Å². The van der Waals surface area contributed by atoms with E-state index in [0.29, 0.717) is 17.1 Å². The van der Waals surface area contributed by atoms with Gasteiger partial charge in [0.15, 0.2) is 0 Å². The highest BCUT2D eigenvalue weighted by Gasteiger charge is 2.09. The van der Waals surface area contributed by atoms with Crippen molar-refractivity contribution in [1.29, 1.82) is 0 Å². The fourth-order valence-electron chi connectivity index (χ4n) is 1.81. The topological polar surface area (TPSA) is 44.0 Å². The van der Waals surface area contributed by atoms with Crippen molar-refractivity contribution in [3.05, 3.63) is 65.0 Å². The number of benzene rings is 1. The molecule has 0 N–H and O–H groups in total. The van der Waals surface area contributed by atoms with Gasteiger partial charge in [-0.15, -0.1) is 0 Å². The third-order valence-corrected chi connectivity index (χ3v) is 4.03. The Kier molecular flexibility index (Phi) is 4.15. The Bertz CT molecular complexity index is 749. The zero-order valence-corrected chi connectivity index (χ0v) is 13.4. The van der Waals surface area contributed by atoms with Gasteiger partial charge in [-0.05, 0) is 40.3 Å². The average molecular weight is 391 g/mol. The molecule has 1 heterocycles. The Morgan fingerprint density at radius 3 is 2.47 bits per heavy atom. The van der Waals surface area contributed by atoms with Crippen LogP contribution in [0.2, 0.25) is 5.02 Å². The van der Waals surface area contributed by atoms with Crippen LogP contribution in [0.3, 0.4) is 0 Å². The lowest BCUT2D eigenvalue weighted by Crippen LogP contribution is -2.38. The van der Waals surface area contributed by atoms with E-state index in [-0.39, 0.29) is 11.2 Å². The molecular formula is C13H12ClIN2O2. The Balaban J connectivity index is 2.50. The van der Waals surface area contributed by atoms with Crippen LogP contribution in [0.5, 0.6) is 0 Å². The van der Waals surface area contributed by atoms with E-state index in [1.807, 2.05) is 18.2 Å². The molecule has 2 rings (SSSR count). The first-order valence-electron chi connectivity index (χ1n) is 5.60. The maximum Gasteiger partial charge on any atom is 0.330 e. The van der Waals surface area contributed by atoms with Crippen molar-refractivity contribution in [2.24, 2.45) is 14.1 Å². The van der Waals surface area contributed by atoms with Gasteiger partial charge in [-0.2, -0.15) is 0 Å². The van der Waals surface area contributed by atoms with Crippen molar-refractivity contribution in [2.45, 2.75) is 6.42 Å². The van der Waals surface area contributed by atoms with Crippen molar-refractivity contribution in [3.8, 4) is 0 Å². The quantitative estimate of drug-likeness (QED) is 0.736. The van der Waals surface area contributed by atoms with E-state index < -0.39 is 0 Å². The minimum atomic E-state index is -0.330. The first-order valence-corrected chi connectivity index (χ1v) is 7.05. The molecule has 0 amide bonds. The molecule has 0 aliphatic rings. The molecule has 4 nitrogen and oxygen atoms in total. The minimum absolute atomic E-state index is 0.306. The highest BCUT2D eigenvalue weighted by Crippen LogP contribution is 2.21. The molecule has 0 bridgehead atoms. The molecule has 2 aromatic rings. The van der Waals surface area contributed by atoms with Crippen LogP contribution in [0.4, 0.5) is 0 Å². The monoisotopic (exact) mass is 390 g/mol. The lowest BCUT2D eigenvalue weighted by atomic mass is 10.1. The predicted octanol–water partition coefficient (Wildman–Crippen LogP) is 1.93. The minimum Gasteiger partial charge on any atom is -0.300 e. The predicted molar refractivity (Wildman–Crippen MR) is 83.9 cm³/mol. The maximum atomic E-state index is 11.8. The Morgan fingerprint density at radius 2 is 1.84 bits per heavy atom. The standard InChI is InChI=1S/C13H12ClIN2O2/c1-16-10(7-12(18)17(2)13(16)19)5-8-3-4-9(15)6-11(8)14/h3-4,6-7H,5H2,1-2H3. The van der Waals surface area contributed by atoms with E-state index in [4.69, 9.17) is 11.6 Å². The molecule has 19 heavy (non-hydrogen) atoms. The molecule has 1 aromatic carbocycles. The smallest absolute Gasteiger partial charge is 0.300 e. The lowest BCUT2D eigenvalue weighted by Gasteiger charge is -2.10. The second-order valence-corrected chi connectivity index (χ2v) is 5.94. The number of hydrogen-bond acceptors (Lipinski definition) is 2. The van der Waals surface area contributed by atoms with Crippen LogP contribution in [-0.2, 0) is 20.5 Å². The van der Waals surface area contributed by atoms with Crippen LogP contribution in [0, 0.1) is 3.57 Å². The van der Waals surface area contributed by atoms with E-state index >= 15 is 0 Å². The Morgan fingerprint density at radius 1 is 1.16 bits per heavy atom. The van der Waals surface area contributed by atoms with Crippen molar-refractivity contribution in [2.75, 3.05) is 0 Å². The molecule has 0 unspecified atom stereocenters. The summed E-state index contributed by atoms with van der Waals surface area (Å²) in [7, 11) is 3.12. The number of rotatable bonds is 2. The van der Waals surface area contributed by atoms with Crippen molar-refractivity contribution in [1.82, 2.24) is 9.13 Å². The van der Waals surface area contributed by atoms with Crippen LogP contribution >= 0.6 is 34.2 Å². The molecule has 0 radical (unpaired) electrons. The second kappa shape index (κ2) is 5.50. The summed E-state index contributed by atoms with van der Waals surface area (Å²) in [5, 5.41) is 0.639. The third-order valence-electron chi connectivity index (χ3n) is 3.01. The van der Waals surface area contributed by atoms with Gasteiger partial charge >= 0.3 is 5.69 Å². The second-order valence-electron chi connectivity index (χ2n) is 4.29. The van der Waals surface area contributed by atoms with Gasteiger partial charge in [0.2, 0.25) is 0 Å². The molecule has 6 heteroatoms. The molecule has 0 spiro atoms. The maximum absolute atomic E-state index is 11.8. The van der Waals surface area contributed by atoms with Crippen LogP contribution in [-0.4, -0.2) is 9.13 Å². The van der Waals surface area contributed by atoms with Gasteiger partial charge in [-0.25, -0.2) is 4.79 Å². The van der Waals surface area contributed by atoms with Crippen LogP contribution in [0.25, 0.3) is 0 Å². The zero-order chi connectivity index (χ0) is 14.2. The normalized spacial score (nSPS) is 10.7. The molecule has 0 fully saturated rings. The fourth-order valence-corrected chi connectivity index (χ4v) is 2.73. The van der Waals surface area contributed by atoms with E-state index in [1.54, 1.807) is 7.05 Å². The summed E-state index contributed by atoms with van der Waals surface area (Å²) in [6.07, 6.45) is 0.456. The number of aromatic nitrogens is 2. The van der Waals surface area contributed by atoms with Gasteiger partial charge in [-0.1, -0.05) is 17.7 Å². The molecule has 0 aliphatic heterocycles. The van der Waals surface area contributed by atoms with Crippen molar-refractivity contribution >= 4 is 34.2 Å². The summed E-state index contributed by atoms with van der Waals surface area (Å²) in [5.41, 5.74) is 0.908. The van der Waals surface area contributed by atoms with Gasteiger partial charge in [0.1, 0.15) is 0 Å². The van der Waals surface area contributed by atoms with Crippen molar-refractivity contribution in [3.63, 3.8) is 0 Å². The molecule has 100 valence electrons. The summed E-state index contributed by atoms with van der Waals surface area (Å²) in [4.78, 5) is 23.5. The van der Waals surface area contributed by atoms with Gasteiger partial charge in [-0.3, -0.25) is 9.36 Å². The van der Waals surface area contributed by atoms with Gasteiger partial charge < -0.3 is 4.57 Å². The summed E-state index contributed by atoms with van der Waals surface area (Å²) in [6, 6.07) is 7.18. The largest absolute Gasteiger partial charge is 0.330 e. The fraction of sp³-hybridized carbons (Fsp3) is 0.231. The number of halogens is 2. The zero-order valence-electron chi connectivity index (χ0n) is 10.5. The molecule has 0 saturated carbocycles. The van der Waals surface area contributed by atoms with Gasteiger partial charge in [0, 0.05) is 40.9 Å². The number of hydrogen-bond donors (Lipinski definition) is 0. The Labute approximate surface area is 128 Å². The number of nitrogens with zero attached hydrogens (tertiary/aromatic N) is 2. The summed E-state index contributed by atoms with van der Waals surface area (Å²) in [6.45, 7) is 0. The van der Waals surface area contributed by atoms with E-state index in [1.165, 1.54) is 17.7 Å². The highest BCUT2D eigenvalue weighted by atomic mass is 127. The molecular weight excluding hydrogens is 379 g/mol. The van der Waals surface area contributed by atoms with E-state index in [9.17, 15) is 9.59 Å². The van der Waals surface area contributed by atoms with E-state index in [2.05, 4.69) is 22.6 Å². The van der Waals surface area contributed by atoms with Crippen LogP contribution in [0.1, 0.15) is 11.3 Å². The SMILES string of the molecule is Cn1c(Cc2ccc(I)cc2Cl)cc(=O)n(C)c1=O. The molecule has 1 aromatic heterocycles. The first kappa shape index (κ1) is 14.3. The summed E-state index contributed by atoms with van der Waals surface area (Å²) >= 11 is 8.35. The molecule has 0 atom stereocenters. The highest BCUT2D eigenvalue weighted by molar-refractivity contribution is 14.1. The van der Waals surface area contributed by atoms with Gasteiger partial charge in [0.25, 0.3) is 5.56 Å². The third kappa shape index (κ3) is 2.92. The molecule has 0 aliphatic carbocycles. The Hall–Kier alpha value is -1.08.